The molecular formula is C19H25N5O. The van der Waals surface area contributed by atoms with Gasteiger partial charge in [-0.3, -0.25) is 4.79 Å². The van der Waals surface area contributed by atoms with Crippen LogP contribution in [0.2, 0.25) is 0 Å². The minimum atomic E-state index is 0.0121. The fourth-order valence-electron chi connectivity index (χ4n) is 3.27. The van der Waals surface area contributed by atoms with Crippen LogP contribution in [0.4, 0.5) is 5.82 Å². The normalized spacial score (nSPS) is 18.1. The van der Waals surface area contributed by atoms with Gasteiger partial charge in [0.2, 0.25) is 5.91 Å². The number of hydrogen-bond donors (Lipinski definition) is 2. The summed E-state index contributed by atoms with van der Waals surface area (Å²) in [5, 5.41) is 14.5. The van der Waals surface area contributed by atoms with Gasteiger partial charge in [-0.1, -0.05) is 30.3 Å². The fraction of sp³-hybridized carbons (Fsp3) is 0.421. The molecule has 0 saturated carbocycles. The van der Waals surface area contributed by atoms with Crippen molar-refractivity contribution < 1.29 is 4.79 Å². The molecule has 0 radical (unpaired) electrons. The van der Waals surface area contributed by atoms with E-state index in [2.05, 4.69) is 25.7 Å². The highest BCUT2D eigenvalue weighted by atomic mass is 16.1. The van der Waals surface area contributed by atoms with Gasteiger partial charge in [0.05, 0.1) is 12.6 Å². The van der Waals surface area contributed by atoms with Crippen LogP contribution in [0.15, 0.2) is 48.7 Å². The second-order valence-electron chi connectivity index (χ2n) is 6.40. The number of carbonyl (C=O) groups excluding carboxylic acids is 1. The zero-order valence-corrected chi connectivity index (χ0v) is 14.6. The maximum absolute atomic E-state index is 12.1. The molecular weight excluding hydrogens is 314 g/mol. The van der Waals surface area contributed by atoms with Gasteiger partial charge in [0.25, 0.3) is 0 Å². The summed E-state index contributed by atoms with van der Waals surface area (Å²) in [6, 6.07) is 14.3. The van der Waals surface area contributed by atoms with Crippen molar-refractivity contribution in [2.75, 3.05) is 24.5 Å². The molecule has 1 amide bonds. The largest absolute Gasteiger partial charge is 0.351 e. The molecule has 1 aliphatic rings. The molecule has 1 aliphatic heterocycles. The van der Waals surface area contributed by atoms with E-state index in [1.54, 1.807) is 6.20 Å². The molecule has 0 unspecified atom stereocenters. The minimum absolute atomic E-state index is 0.0121. The predicted octanol–water partition coefficient (Wildman–Crippen LogP) is 1.91. The maximum atomic E-state index is 12.1. The second-order valence-corrected chi connectivity index (χ2v) is 6.40. The van der Waals surface area contributed by atoms with Crippen LogP contribution >= 0.6 is 0 Å². The van der Waals surface area contributed by atoms with Gasteiger partial charge in [0.15, 0.2) is 5.82 Å². The first-order valence-electron chi connectivity index (χ1n) is 8.83. The van der Waals surface area contributed by atoms with E-state index in [0.717, 1.165) is 37.3 Å². The molecule has 6 nitrogen and oxygen atoms in total. The summed E-state index contributed by atoms with van der Waals surface area (Å²) >= 11 is 0. The van der Waals surface area contributed by atoms with Crippen LogP contribution in [0.1, 0.15) is 31.4 Å². The van der Waals surface area contributed by atoms with Crippen molar-refractivity contribution in [2.24, 2.45) is 0 Å². The number of anilines is 1. The van der Waals surface area contributed by atoms with Crippen LogP contribution < -0.4 is 15.5 Å². The van der Waals surface area contributed by atoms with Crippen molar-refractivity contribution in [3.05, 3.63) is 54.2 Å². The molecule has 3 rings (SSSR count). The first-order valence-corrected chi connectivity index (χ1v) is 8.83. The average molecular weight is 339 g/mol. The number of hydrogen-bond acceptors (Lipinski definition) is 5. The SMILES string of the molecule is C[C@H](NC(=O)CNC[C@H]1CCCN1c1cccnn1)c1ccccc1. The molecule has 1 fully saturated rings. The van der Waals surface area contributed by atoms with Gasteiger partial charge in [0.1, 0.15) is 0 Å². The zero-order valence-electron chi connectivity index (χ0n) is 14.6. The third-order valence-electron chi connectivity index (χ3n) is 4.57. The summed E-state index contributed by atoms with van der Waals surface area (Å²) in [4.78, 5) is 14.4. The summed E-state index contributed by atoms with van der Waals surface area (Å²) in [6.07, 6.45) is 3.93. The highest BCUT2D eigenvalue weighted by molar-refractivity contribution is 5.78. The molecule has 1 aromatic heterocycles. The van der Waals surface area contributed by atoms with E-state index in [1.807, 2.05) is 49.4 Å². The van der Waals surface area contributed by atoms with E-state index in [0.29, 0.717) is 12.6 Å². The molecule has 0 spiro atoms. The zero-order chi connectivity index (χ0) is 17.5. The standard InChI is InChI=1S/C19H25N5O/c1-15(16-7-3-2-4-8-16)22-19(25)14-20-13-17-9-6-12-24(17)18-10-5-11-21-23-18/h2-5,7-8,10-11,15,17,20H,6,9,12-14H2,1H3,(H,22,25)/t15-,17+/m0/s1. The Morgan fingerprint density at radius 3 is 2.88 bits per heavy atom. The van der Waals surface area contributed by atoms with E-state index in [9.17, 15) is 4.79 Å². The molecule has 1 aromatic carbocycles. The van der Waals surface area contributed by atoms with Gasteiger partial charge in [-0.15, -0.1) is 5.10 Å². The lowest BCUT2D eigenvalue weighted by Gasteiger charge is -2.25. The number of amides is 1. The molecule has 25 heavy (non-hydrogen) atoms. The Balaban J connectivity index is 1.44. The Kier molecular flexibility index (Phi) is 5.95. The van der Waals surface area contributed by atoms with Gasteiger partial charge in [-0.05, 0) is 37.5 Å². The van der Waals surface area contributed by atoms with Crippen LogP contribution in [-0.2, 0) is 4.79 Å². The van der Waals surface area contributed by atoms with Crippen molar-refractivity contribution in [3.8, 4) is 0 Å². The second kappa shape index (κ2) is 8.58. The minimum Gasteiger partial charge on any atom is -0.351 e. The number of rotatable bonds is 7. The first kappa shape index (κ1) is 17.4. The van der Waals surface area contributed by atoms with E-state index in [4.69, 9.17) is 0 Å². The summed E-state index contributed by atoms with van der Waals surface area (Å²) in [5.41, 5.74) is 1.11. The van der Waals surface area contributed by atoms with Crippen molar-refractivity contribution in [2.45, 2.75) is 31.8 Å². The summed E-state index contributed by atoms with van der Waals surface area (Å²) in [7, 11) is 0. The van der Waals surface area contributed by atoms with Gasteiger partial charge >= 0.3 is 0 Å². The molecule has 6 heteroatoms. The predicted molar refractivity (Wildman–Crippen MR) is 98.3 cm³/mol. The Hall–Kier alpha value is -2.47. The van der Waals surface area contributed by atoms with Crippen LogP contribution in [0, 0.1) is 0 Å². The summed E-state index contributed by atoms with van der Waals surface area (Å²) in [6.45, 7) is 4.08. The monoisotopic (exact) mass is 339 g/mol. The topological polar surface area (TPSA) is 70.2 Å². The molecule has 2 aromatic rings. The Bertz CT molecular complexity index is 664. The molecule has 0 aliphatic carbocycles. The van der Waals surface area contributed by atoms with E-state index < -0.39 is 0 Å². The lowest BCUT2D eigenvalue weighted by atomic mass is 10.1. The third kappa shape index (κ3) is 4.76. The lowest BCUT2D eigenvalue weighted by molar-refractivity contribution is -0.120. The number of nitrogens with zero attached hydrogens (tertiary/aromatic N) is 3. The molecule has 2 atom stereocenters. The van der Waals surface area contributed by atoms with Crippen LogP contribution in [0.5, 0.6) is 0 Å². The van der Waals surface area contributed by atoms with Crippen LogP contribution in [-0.4, -0.2) is 41.8 Å². The van der Waals surface area contributed by atoms with Crippen LogP contribution in [0.25, 0.3) is 0 Å². The lowest BCUT2D eigenvalue weighted by Crippen LogP contribution is -2.42. The van der Waals surface area contributed by atoms with E-state index in [1.165, 1.54) is 0 Å². The van der Waals surface area contributed by atoms with Gasteiger partial charge in [-0.2, -0.15) is 5.10 Å². The van der Waals surface area contributed by atoms with Gasteiger partial charge in [0, 0.05) is 25.3 Å². The highest BCUT2D eigenvalue weighted by Gasteiger charge is 2.25. The van der Waals surface area contributed by atoms with Crippen molar-refractivity contribution in [3.63, 3.8) is 0 Å². The summed E-state index contributed by atoms with van der Waals surface area (Å²) < 4.78 is 0. The van der Waals surface area contributed by atoms with Crippen molar-refractivity contribution >= 4 is 11.7 Å². The van der Waals surface area contributed by atoms with Gasteiger partial charge in [-0.25, -0.2) is 0 Å². The summed E-state index contributed by atoms with van der Waals surface area (Å²) in [5.74, 6) is 0.925. The Morgan fingerprint density at radius 2 is 2.12 bits per heavy atom. The third-order valence-corrected chi connectivity index (χ3v) is 4.57. The molecule has 0 bridgehead atoms. The molecule has 2 heterocycles. The first-order chi connectivity index (χ1) is 12.2. The Morgan fingerprint density at radius 1 is 1.28 bits per heavy atom. The quantitative estimate of drug-likeness (QED) is 0.806. The number of carbonyl (C=O) groups is 1. The Labute approximate surface area is 148 Å². The molecule has 1 saturated heterocycles. The fourth-order valence-corrected chi connectivity index (χ4v) is 3.27. The average Bonchev–Trinajstić information content (AvgIpc) is 3.11. The van der Waals surface area contributed by atoms with Gasteiger partial charge < -0.3 is 15.5 Å². The number of nitrogens with one attached hydrogen (secondary N) is 2. The van der Waals surface area contributed by atoms with E-state index in [-0.39, 0.29) is 11.9 Å². The molecule has 132 valence electrons. The highest BCUT2D eigenvalue weighted by Crippen LogP contribution is 2.22. The van der Waals surface area contributed by atoms with Crippen LogP contribution in [0.3, 0.4) is 0 Å². The smallest absolute Gasteiger partial charge is 0.234 e. The van der Waals surface area contributed by atoms with Crippen molar-refractivity contribution in [1.29, 1.82) is 0 Å². The van der Waals surface area contributed by atoms with E-state index >= 15 is 0 Å². The molecule has 2 N–H and O–H groups in total. The number of aromatic nitrogens is 2. The van der Waals surface area contributed by atoms with Crippen molar-refractivity contribution in [1.82, 2.24) is 20.8 Å². The maximum Gasteiger partial charge on any atom is 0.234 e. The number of benzene rings is 1.